The Labute approximate surface area is 217 Å². The van der Waals surface area contributed by atoms with Gasteiger partial charge in [-0.15, -0.1) is 0 Å². The van der Waals surface area contributed by atoms with E-state index in [0.29, 0.717) is 18.4 Å². The molecule has 0 spiro atoms. The molecule has 2 unspecified atom stereocenters. The molecule has 1 aromatic rings. The summed E-state index contributed by atoms with van der Waals surface area (Å²) < 4.78 is 40.9. The van der Waals surface area contributed by atoms with Gasteiger partial charge in [-0.1, -0.05) is 11.6 Å². The zero-order valence-electron chi connectivity index (χ0n) is 20.8. The van der Waals surface area contributed by atoms with E-state index in [4.69, 9.17) is 11.6 Å². The molecule has 0 bridgehead atoms. The second-order valence-electron chi connectivity index (χ2n) is 10.6. The van der Waals surface area contributed by atoms with E-state index in [-0.39, 0.29) is 16.4 Å². The van der Waals surface area contributed by atoms with E-state index in [0.717, 1.165) is 6.07 Å². The second kappa shape index (κ2) is 9.04. The molecule has 3 N–H and O–H groups in total. The minimum absolute atomic E-state index is 0.175. The van der Waals surface area contributed by atoms with Gasteiger partial charge >= 0.3 is 0 Å². The number of Topliss-reactive ketones (excluding diaryl/α,β-unsaturated/α-hetero) is 1. The minimum atomic E-state index is -3.13. The van der Waals surface area contributed by atoms with Crippen molar-refractivity contribution in [3.05, 3.63) is 40.3 Å². The quantitative estimate of drug-likeness (QED) is 0.481. The minimum Gasteiger partial charge on any atom is -0.358 e. The highest BCUT2D eigenvalue weighted by Crippen LogP contribution is 2.49. The van der Waals surface area contributed by atoms with Gasteiger partial charge in [0, 0.05) is 37.2 Å². The molecule has 12 heteroatoms. The first-order valence-electron chi connectivity index (χ1n) is 11.9. The van der Waals surface area contributed by atoms with Gasteiger partial charge in [-0.25, -0.2) is 13.2 Å². The fraction of sp³-hybridized carbons (Fsp3) is 0.520. The van der Waals surface area contributed by atoms with Crippen LogP contribution >= 0.6 is 11.6 Å². The summed E-state index contributed by atoms with van der Waals surface area (Å²) in [7, 11) is 1.26. The van der Waals surface area contributed by atoms with E-state index in [1.165, 1.54) is 19.2 Å². The van der Waals surface area contributed by atoms with Gasteiger partial charge in [-0.3, -0.25) is 19.2 Å². The predicted molar refractivity (Wildman–Crippen MR) is 129 cm³/mol. The van der Waals surface area contributed by atoms with E-state index < -0.39 is 71.1 Å². The first-order chi connectivity index (χ1) is 17.1. The molecule has 1 saturated heterocycles. The highest BCUT2D eigenvalue weighted by Gasteiger charge is 2.62. The van der Waals surface area contributed by atoms with Crippen LogP contribution in [0.15, 0.2) is 29.5 Å². The molecule has 1 aromatic carbocycles. The van der Waals surface area contributed by atoms with Crippen molar-refractivity contribution >= 4 is 40.8 Å². The van der Waals surface area contributed by atoms with Crippen molar-refractivity contribution in [1.82, 2.24) is 15.5 Å². The summed E-state index contributed by atoms with van der Waals surface area (Å²) in [5.74, 6) is -8.21. The molecule has 8 nitrogen and oxygen atoms in total. The standard InChI is InChI=1S/C25H28ClF3N4O4/c1-12-17(19(34)21(36)32-24(22(37)30-4)10-25(28,29)11-24)16-7-8-23(2,3)33(16)18(12)20(35)31-13-5-6-15(27)14(26)9-13/h5-6,9,16-17H,7-8,10-11H2,1-4H3,(H,30,37)(H,31,35)(H,32,36). The number of nitrogens with zero attached hydrogens (tertiary/aromatic N) is 1. The van der Waals surface area contributed by atoms with Gasteiger partial charge in [0.15, 0.2) is 0 Å². The highest BCUT2D eigenvalue weighted by atomic mass is 35.5. The highest BCUT2D eigenvalue weighted by molar-refractivity contribution is 6.38. The first-order valence-corrected chi connectivity index (χ1v) is 12.2. The lowest BCUT2D eigenvalue weighted by Crippen LogP contribution is -2.70. The van der Waals surface area contributed by atoms with Gasteiger partial charge in [0.05, 0.1) is 10.9 Å². The van der Waals surface area contributed by atoms with E-state index in [1.54, 1.807) is 6.92 Å². The average molecular weight is 541 g/mol. The molecule has 0 radical (unpaired) electrons. The molecule has 2 fully saturated rings. The first kappa shape index (κ1) is 27.0. The van der Waals surface area contributed by atoms with E-state index in [9.17, 15) is 32.3 Å². The Morgan fingerprint density at radius 1 is 1.14 bits per heavy atom. The Kier molecular flexibility index (Phi) is 6.59. The number of anilines is 1. The van der Waals surface area contributed by atoms with Crippen molar-refractivity contribution in [2.24, 2.45) is 5.92 Å². The number of benzene rings is 1. The Morgan fingerprint density at radius 3 is 2.35 bits per heavy atom. The van der Waals surface area contributed by atoms with Gasteiger partial charge in [0.25, 0.3) is 17.7 Å². The van der Waals surface area contributed by atoms with Crippen molar-refractivity contribution in [2.75, 3.05) is 12.4 Å². The van der Waals surface area contributed by atoms with Crippen molar-refractivity contribution in [3.8, 4) is 0 Å². The number of fused-ring (bicyclic) bond motifs is 1. The number of hydrogen-bond donors (Lipinski definition) is 3. The van der Waals surface area contributed by atoms with Gasteiger partial charge in [-0.05, 0) is 57.4 Å². The zero-order chi connectivity index (χ0) is 27.5. The topological polar surface area (TPSA) is 108 Å². The number of likely N-dealkylation sites (N-methyl/N-ethyl adjacent to an activating group) is 1. The molecule has 1 aliphatic carbocycles. The lowest BCUT2D eigenvalue weighted by atomic mass is 9.72. The second-order valence-corrected chi connectivity index (χ2v) is 11.0. The molecular weight excluding hydrogens is 513 g/mol. The van der Waals surface area contributed by atoms with Crippen molar-refractivity contribution < 1.29 is 32.3 Å². The van der Waals surface area contributed by atoms with Crippen molar-refractivity contribution in [2.45, 2.75) is 69.5 Å². The maximum Gasteiger partial charge on any atom is 0.288 e. The van der Waals surface area contributed by atoms with Crippen LogP contribution in [0.4, 0.5) is 18.9 Å². The molecular formula is C25H28ClF3N4O4. The van der Waals surface area contributed by atoms with Gasteiger partial charge in [0.2, 0.25) is 11.7 Å². The van der Waals surface area contributed by atoms with Crippen LogP contribution < -0.4 is 16.0 Å². The Balaban J connectivity index is 1.62. The third kappa shape index (κ3) is 4.58. The number of halogens is 4. The summed E-state index contributed by atoms with van der Waals surface area (Å²) in [5, 5.41) is 7.02. The molecule has 2 atom stereocenters. The van der Waals surface area contributed by atoms with Crippen LogP contribution in [0.1, 0.15) is 46.5 Å². The number of nitrogens with one attached hydrogen (secondary N) is 3. The van der Waals surface area contributed by atoms with Crippen LogP contribution in [0.5, 0.6) is 0 Å². The van der Waals surface area contributed by atoms with E-state index in [2.05, 4.69) is 16.0 Å². The lowest BCUT2D eigenvalue weighted by Gasteiger charge is -2.45. The van der Waals surface area contributed by atoms with Gasteiger partial charge in [0.1, 0.15) is 17.1 Å². The number of carbonyl (C=O) groups is 4. The molecule has 1 saturated carbocycles. The third-order valence-corrected chi connectivity index (χ3v) is 7.83. The Hall–Kier alpha value is -3.08. The molecule has 37 heavy (non-hydrogen) atoms. The largest absolute Gasteiger partial charge is 0.358 e. The van der Waals surface area contributed by atoms with Crippen LogP contribution in [-0.2, 0) is 19.2 Å². The van der Waals surface area contributed by atoms with Crippen LogP contribution in [0.3, 0.4) is 0 Å². The van der Waals surface area contributed by atoms with Crippen molar-refractivity contribution in [1.29, 1.82) is 0 Å². The van der Waals surface area contributed by atoms with E-state index >= 15 is 0 Å². The molecule has 0 aromatic heterocycles. The normalized spacial score (nSPS) is 24.7. The van der Waals surface area contributed by atoms with Crippen LogP contribution in [0.2, 0.25) is 5.02 Å². The Bertz CT molecular complexity index is 1220. The smallest absolute Gasteiger partial charge is 0.288 e. The fourth-order valence-electron chi connectivity index (χ4n) is 5.83. The summed E-state index contributed by atoms with van der Waals surface area (Å²) >= 11 is 5.83. The van der Waals surface area contributed by atoms with Crippen molar-refractivity contribution in [3.63, 3.8) is 0 Å². The number of carbonyl (C=O) groups excluding carboxylic acids is 4. The molecule has 3 aliphatic rings. The molecule has 4 rings (SSSR count). The SMILES string of the molecule is CNC(=O)C1(NC(=O)C(=O)C2C(C)=C(C(=O)Nc3ccc(F)c(Cl)c3)N3C2CCC3(C)C)CC(F)(F)C1. The Morgan fingerprint density at radius 2 is 1.78 bits per heavy atom. The van der Waals surface area contributed by atoms with Gasteiger partial charge < -0.3 is 20.9 Å². The fourth-order valence-corrected chi connectivity index (χ4v) is 6.01. The summed E-state index contributed by atoms with van der Waals surface area (Å²) in [6.07, 6.45) is -0.681. The number of rotatable bonds is 6. The van der Waals surface area contributed by atoms with Crippen LogP contribution in [0.25, 0.3) is 0 Å². The average Bonchev–Trinajstić information content (AvgIpc) is 3.26. The molecule has 2 heterocycles. The number of amides is 3. The van der Waals surface area contributed by atoms with E-state index in [1.807, 2.05) is 18.7 Å². The van der Waals surface area contributed by atoms with Crippen LogP contribution in [0, 0.1) is 11.7 Å². The third-order valence-electron chi connectivity index (χ3n) is 7.54. The monoisotopic (exact) mass is 540 g/mol. The predicted octanol–water partition coefficient (Wildman–Crippen LogP) is 3.16. The number of ketones is 1. The summed E-state index contributed by atoms with van der Waals surface area (Å²) in [5.41, 5.74) is -1.61. The molecule has 200 valence electrons. The molecule has 2 aliphatic heterocycles. The van der Waals surface area contributed by atoms with Gasteiger partial charge in [-0.2, -0.15) is 0 Å². The number of hydrogen-bond acceptors (Lipinski definition) is 5. The van der Waals surface area contributed by atoms with Crippen LogP contribution in [-0.4, -0.2) is 58.5 Å². The zero-order valence-corrected chi connectivity index (χ0v) is 21.6. The summed E-state index contributed by atoms with van der Waals surface area (Å²) in [6, 6.07) is 3.21. The maximum absolute atomic E-state index is 13.7. The lowest BCUT2D eigenvalue weighted by molar-refractivity contribution is -0.167. The summed E-state index contributed by atoms with van der Waals surface area (Å²) in [6.45, 7) is 5.39. The number of alkyl halides is 2. The maximum atomic E-state index is 13.7. The summed E-state index contributed by atoms with van der Waals surface area (Å²) in [4.78, 5) is 53.9. The molecule has 3 amide bonds.